The van der Waals surface area contributed by atoms with E-state index < -0.39 is 0 Å². The summed E-state index contributed by atoms with van der Waals surface area (Å²) in [4.78, 5) is 0. The van der Waals surface area contributed by atoms with Crippen molar-refractivity contribution >= 4 is 26.9 Å². The Balaban J connectivity index is 1.71. The van der Waals surface area contributed by atoms with Crippen LogP contribution in [0.1, 0.15) is 24.3 Å². The first-order chi connectivity index (χ1) is 10.1. The lowest BCUT2D eigenvalue weighted by molar-refractivity contribution is 0.450. The molecule has 0 radical (unpaired) electrons. The fourth-order valence-corrected chi connectivity index (χ4v) is 2.60. The molecule has 4 heteroatoms. The fraction of sp³-hybridized carbons (Fsp3) is 0.176. The maximum absolute atomic E-state index is 12.9. The lowest BCUT2D eigenvalue weighted by atomic mass is 10.2. The molecule has 21 heavy (non-hydrogen) atoms. The number of halogens is 2. The first kappa shape index (κ1) is 14.3. The van der Waals surface area contributed by atoms with Crippen LogP contribution in [0.15, 0.2) is 57.4 Å². The quantitative estimate of drug-likeness (QED) is 0.702. The van der Waals surface area contributed by atoms with Crippen molar-refractivity contribution in [2.24, 2.45) is 0 Å². The van der Waals surface area contributed by atoms with E-state index in [1.165, 1.54) is 12.1 Å². The van der Waals surface area contributed by atoms with Crippen LogP contribution in [0.4, 0.5) is 4.39 Å². The van der Waals surface area contributed by atoms with E-state index in [0.717, 1.165) is 26.8 Å². The van der Waals surface area contributed by atoms with Gasteiger partial charge in [0.25, 0.3) is 0 Å². The van der Waals surface area contributed by atoms with Gasteiger partial charge >= 0.3 is 0 Å². The van der Waals surface area contributed by atoms with Gasteiger partial charge in [-0.05, 0) is 48.9 Å². The van der Waals surface area contributed by atoms with E-state index >= 15 is 0 Å². The number of nitrogens with one attached hydrogen (secondary N) is 1. The standard InChI is InChI=1S/C17H15BrFNO/c1-11(20-10-12-2-5-15(19)6-3-12)17-9-13-8-14(18)4-7-16(13)21-17/h2-9,11,20H,10H2,1H3. The minimum atomic E-state index is -0.213. The third-order valence-corrected chi connectivity index (χ3v) is 3.94. The first-order valence-electron chi connectivity index (χ1n) is 6.78. The van der Waals surface area contributed by atoms with Crippen LogP contribution < -0.4 is 5.32 Å². The van der Waals surface area contributed by atoms with Gasteiger partial charge in [0.05, 0.1) is 6.04 Å². The SMILES string of the molecule is CC(NCc1ccc(F)cc1)c1cc2cc(Br)ccc2o1. The molecule has 0 aliphatic heterocycles. The third kappa shape index (κ3) is 3.34. The Morgan fingerprint density at radius 1 is 1.14 bits per heavy atom. The Morgan fingerprint density at radius 3 is 2.67 bits per heavy atom. The highest BCUT2D eigenvalue weighted by molar-refractivity contribution is 9.10. The minimum Gasteiger partial charge on any atom is -0.459 e. The first-order valence-corrected chi connectivity index (χ1v) is 7.58. The predicted molar refractivity (Wildman–Crippen MR) is 85.6 cm³/mol. The molecule has 1 N–H and O–H groups in total. The normalized spacial score (nSPS) is 12.7. The van der Waals surface area contributed by atoms with E-state index in [1.807, 2.05) is 24.3 Å². The molecule has 3 aromatic rings. The summed E-state index contributed by atoms with van der Waals surface area (Å²) in [6, 6.07) is 14.6. The topological polar surface area (TPSA) is 25.2 Å². The van der Waals surface area contributed by atoms with Gasteiger partial charge < -0.3 is 9.73 Å². The summed E-state index contributed by atoms with van der Waals surface area (Å²) in [5.74, 6) is 0.680. The van der Waals surface area contributed by atoms with Crippen molar-refractivity contribution in [3.63, 3.8) is 0 Å². The highest BCUT2D eigenvalue weighted by atomic mass is 79.9. The second-order valence-corrected chi connectivity index (χ2v) is 5.98. The molecule has 0 saturated heterocycles. The lowest BCUT2D eigenvalue weighted by Gasteiger charge is -2.11. The molecule has 2 nitrogen and oxygen atoms in total. The maximum atomic E-state index is 12.9. The monoisotopic (exact) mass is 347 g/mol. The Bertz CT molecular complexity index is 751. The van der Waals surface area contributed by atoms with Crippen molar-refractivity contribution in [3.8, 4) is 0 Å². The molecule has 2 aromatic carbocycles. The number of hydrogen-bond donors (Lipinski definition) is 1. The summed E-state index contributed by atoms with van der Waals surface area (Å²) in [7, 11) is 0. The van der Waals surface area contributed by atoms with Crippen LogP contribution in [-0.4, -0.2) is 0 Å². The molecule has 0 fully saturated rings. The van der Waals surface area contributed by atoms with Gasteiger partial charge in [-0.1, -0.05) is 28.1 Å². The highest BCUT2D eigenvalue weighted by Crippen LogP contribution is 2.26. The van der Waals surface area contributed by atoms with Crippen LogP contribution >= 0.6 is 15.9 Å². The summed E-state index contributed by atoms with van der Waals surface area (Å²) in [6.07, 6.45) is 0. The number of benzene rings is 2. The van der Waals surface area contributed by atoms with Crippen molar-refractivity contribution in [3.05, 3.63) is 70.1 Å². The van der Waals surface area contributed by atoms with Gasteiger partial charge in [-0.15, -0.1) is 0 Å². The van der Waals surface area contributed by atoms with Crippen molar-refractivity contribution in [1.82, 2.24) is 5.32 Å². The van der Waals surface area contributed by atoms with E-state index in [-0.39, 0.29) is 11.9 Å². The van der Waals surface area contributed by atoms with Crippen LogP contribution in [0.5, 0.6) is 0 Å². The van der Waals surface area contributed by atoms with Crippen LogP contribution in [0.2, 0.25) is 0 Å². The second-order valence-electron chi connectivity index (χ2n) is 5.06. The van der Waals surface area contributed by atoms with E-state index in [2.05, 4.69) is 28.2 Å². The number of rotatable bonds is 4. The molecule has 108 valence electrons. The van der Waals surface area contributed by atoms with Gasteiger partial charge in [0.15, 0.2) is 0 Å². The summed E-state index contributed by atoms with van der Waals surface area (Å²) < 4.78 is 19.7. The Hall–Kier alpha value is -1.65. The average Bonchev–Trinajstić information content (AvgIpc) is 2.89. The largest absolute Gasteiger partial charge is 0.459 e. The van der Waals surface area contributed by atoms with Crippen LogP contribution in [0, 0.1) is 5.82 Å². The number of fused-ring (bicyclic) bond motifs is 1. The van der Waals surface area contributed by atoms with Crippen molar-refractivity contribution in [2.45, 2.75) is 19.5 Å². The van der Waals surface area contributed by atoms with E-state index in [4.69, 9.17) is 4.42 Å². The molecule has 1 aromatic heterocycles. The van der Waals surface area contributed by atoms with Gasteiger partial charge in [-0.3, -0.25) is 0 Å². The molecule has 0 spiro atoms. The number of hydrogen-bond acceptors (Lipinski definition) is 2. The van der Waals surface area contributed by atoms with Gasteiger partial charge in [-0.25, -0.2) is 4.39 Å². The molecule has 1 heterocycles. The molecule has 0 bridgehead atoms. The molecular formula is C17H15BrFNO. The van der Waals surface area contributed by atoms with Gasteiger partial charge in [-0.2, -0.15) is 0 Å². The minimum absolute atomic E-state index is 0.0845. The van der Waals surface area contributed by atoms with Gasteiger partial charge in [0.1, 0.15) is 17.2 Å². The molecule has 3 rings (SSSR count). The van der Waals surface area contributed by atoms with Crippen molar-refractivity contribution in [2.75, 3.05) is 0 Å². The molecular weight excluding hydrogens is 333 g/mol. The number of furan rings is 1. The van der Waals surface area contributed by atoms with E-state index in [9.17, 15) is 4.39 Å². The zero-order chi connectivity index (χ0) is 14.8. The van der Waals surface area contributed by atoms with Crippen LogP contribution in [-0.2, 0) is 6.54 Å². The Labute approximate surface area is 131 Å². The van der Waals surface area contributed by atoms with E-state index in [1.54, 1.807) is 12.1 Å². The van der Waals surface area contributed by atoms with E-state index in [0.29, 0.717) is 6.54 Å². The molecule has 0 amide bonds. The van der Waals surface area contributed by atoms with Gasteiger partial charge in [0, 0.05) is 16.4 Å². The molecule has 0 saturated carbocycles. The molecule has 0 aliphatic carbocycles. The lowest BCUT2D eigenvalue weighted by Crippen LogP contribution is -2.17. The zero-order valence-corrected chi connectivity index (χ0v) is 13.2. The summed E-state index contributed by atoms with van der Waals surface area (Å²) in [5, 5.41) is 4.46. The zero-order valence-electron chi connectivity index (χ0n) is 11.6. The average molecular weight is 348 g/mol. The van der Waals surface area contributed by atoms with Gasteiger partial charge in [0.2, 0.25) is 0 Å². The van der Waals surface area contributed by atoms with Crippen LogP contribution in [0.3, 0.4) is 0 Å². The van der Waals surface area contributed by atoms with Crippen molar-refractivity contribution < 1.29 is 8.81 Å². The predicted octanol–water partition coefficient (Wildman–Crippen LogP) is 5.19. The Kier molecular flexibility index (Phi) is 4.08. The maximum Gasteiger partial charge on any atom is 0.134 e. The third-order valence-electron chi connectivity index (χ3n) is 3.45. The summed E-state index contributed by atoms with van der Waals surface area (Å²) in [5.41, 5.74) is 1.92. The second kappa shape index (κ2) is 6.00. The molecule has 1 unspecified atom stereocenters. The van der Waals surface area contributed by atoms with Crippen molar-refractivity contribution in [1.29, 1.82) is 0 Å². The highest BCUT2D eigenvalue weighted by Gasteiger charge is 2.11. The summed E-state index contributed by atoms with van der Waals surface area (Å²) in [6.45, 7) is 2.72. The Morgan fingerprint density at radius 2 is 1.90 bits per heavy atom. The molecule has 1 atom stereocenters. The van der Waals surface area contributed by atoms with Crippen LogP contribution in [0.25, 0.3) is 11.0 Å². The summed E-state index contributed by atoms with van der Waals surface area (Å²) >= 11 is 3.46. The molecule has 0 aliphatic rings. The fourth-order valence-electron chi connectivity index (χ4n) is 2.22. The smallest absolute Gasteiger partial charge is 0.134 e.